The van der Waals surface area contributed by atoms with Gasteiger partial charge in [-0.25, -0.2) is 5.43 Å². The number of allylic oxidation sites excluding steroid dienone is 1. The van der Waals surface area contributed by atoms with Gasteiger partial charge in [-0.05, 0) is 24.5 Å². The maximum atomic E-state index is 3.20. The zero-order valence-electron chi connectivity index (χ0n) is 7.59. The van der Waals surface area contributed by atoms with Crippen LogP contribution in [0.4, 0.5) is 5.69 Å². The molecule has 68 valence electrons. The van der Waals surface area contributed by atoms with Crippen LogP contribution in [0.5, 0.6) is 0 Å². The third kappa shape index (κ3) is 2.10. The van der Waals surface area contributed by atoms with Crippen LogP contribution in [0.3, 0.4) is 0 Å². The molecular weight excluding hydrogens is 160 g/mol. The number of hydrazine groups is 1. The maximum Gasteiger partial charge on any atom is 0.0559 e. The van der Waals surface area contributed by atoms with E-state index in [1.54, 1.807) is 0 Å². The van der Waals surface area contributed by atoms with Gasteiger partial charge in [-0.3, -0.25) is 0 Å². The Kier molecular flexibility index (Phi) is 2.62. The first kappa shape index (κ1) is 8.32. The van der Waals surface area contributed by atoms with Gasteiger partial charge in [0.05, 0.1) is 5.69 Å². The first-order valence-corrected chi connectivity index (χ1v) is 4.71. The minimum atomic E-state index is 1.01. The SMILES string of the molecule is C1=Cc2ccccc2NNCCC1. The van der Waals surface area contributed by atoms with Gasteiger partial charge < -0.3 is 5.43 Å². The molecule has 0 unspecified atom stereocenters. The first-order valence-electron chi connectivity index (χ1n) is 4.71. The van der Waals surface area contributed by atoms with E-state index in [4.69, 9.17) is 0 Å². The largest absolute Gasteiger partial charge is 0.321 e. The maximum absolute atomic E-state index is 3.20. The van der Waals surface area contributed by atoms with Crippen molar-refractivity contribution in [3.8, 4) is 0 Å². The Morgan fingerprint density at radius 3 is 3.08 bits per heavy atom. The van der Waals surface area contributed by atoms with Crippen LogP contribution >= 0.6 is 0 Å². The van der Waals surface area contributed by atoms with Crippen molar-refractivity contribution < 1.29 is 0 Å². The van der Waals surface area contributed by atoms with E-state index in [0.717, 1.165) is 18.7 Å². The van der Waals surface area contributed by atoms with Crippen molar-refractivity contribution in [2.24, 2.45) is 0 Å². The molecule has 2 rings (SSSR count). The van der Waals surface area contributed by atoms with Crippen molar-refractivity contribution in [1.29, 1.82) is 0 Å². The summed E-state index contributed by atoms with van der Waals surface area (Å²) in [6.07, 6.45) is 6.73. The van der Waals surface area contributed by atoms with Gasteiger partial charge in [0.1, 0.15) is 0 Å². The van der Waals surface area contributed by atoms with Gasteiger partial charge in [-0.2, -0.15) is 0 Å². The number of nitrogens with one attached hydrogen (secondary N) is 2. The van der Waals surface area contributed by atoms with E-state index in [1.807, 2.05) is 6.07 Å². The first-order chi connectivity index (χ1) is 6.47. The van der Waals surface area contributed by atoms with E-state index < -0.39 is 0 Å². The van der Waals surface area contributed by atoms with Crippen LogP contribution in [0.2, 0.25) is 0 Å². The van der Waals surface area contributed by atoms with Crippen molar-refractivity contribution in [2.45, 2.75) is 12.8 Å². The van der Waals surface area contributed by atoms with Gasteiger partial charge in [0.2, 0.25) is 0 Å². The molecule has 2 heteroatoms. The normalized spacial score (nSPS) is 16.3. The quantitative estimate of drug-likeness (QED) is 0.631. The molecule has 0 bridgehead atoms. The minimum Gasteiger partial charge on any atom is -0.321 e. The van der Waals surface area contributed by atoms with Crippen LogP contribution in [0, 0.1) is 0 Å². The number of fused-ring (bicyclic) bond motifs is 1. The second-order valence-corrected chi connectivity index (χ2v) is 3.18. The summed E-state index contributed by atoms with van der Waals surface area (Å²) < 4.78 is 0. The molecular formula is C11H14N2. The molecule has 0 saturated carbocycles. The van der Waals surface area contributed by atoms with Crippen molar-refractivity contribution in [3.63, 3.8) is 0 Å². The molecule has 0 aromatic heterocycles. The van der Waals surface area contributed by atoms with Crippen LogP contribution in [-0.4, -0.2) is 6.54 Å². The second kappa shape index (κ2) is 4.10. The Hall–Kier alpha value is -1.28. The van der Waals surface area contributed by atoms with Crippen LogP contribution in [-0.2, 0) is 0 Å². The third-order valence-corrected chi connectivity index (χ3v) is 2.15. The van der Waals surface area contributed by atoms with Crippen LogP contribution < -0.4 is 10.9 Å². The van der Waals surface area contributed by atoms with Crippen LogP contribution in [0.1, 0.15) is 18.4 Å². The third-order valence-electron chi connectivity index (χ3n) is 2.15. The Labute approximate surface area is 78.6 Å². The van der Waals surface area contributed by atoms with Gasteiger partial charge in [-0.1, -0.05) is 30.4 Å². The summed E-state index contributed by atoms with van der Waals surface area (Å²) >= 11 is 0. The predicted octanol–water partition coefficient (Wildman–Crippen LogP) is 2.41. The van der Waals surface area contributed by atoms with Crippen LogP contribution in [0.25, 0.3) is 6.08 Å². The highest BCUT2D eigenvalue weighted by Gasteiger charge is 1.98. The number of anilines is 1. The van der Waals surface area contributed by atoms with E-state index in [1.165, 1.54) is 12.0 Å². The molecule has 1 aromatic carbocycles. The smallest absolute Gasteiger partial charge is 0.0559 e. The molecule has 0 aliphatic carbocycles. The van der Waals surface area contributed by atoms with Gasteiger partial charge >= 0.3 is 0 Å². The molecule has 1 heterocycles. The zero-order valence-corrected chi connectivity index (χ0v) is 7.59. The highest BCUT2D eigenvalue weighted by molar-refractivity contribution is 5.66. The van der Waals surface area contributed by atoms with Gasteiger partial charge in [0.15, 0.2) is 0 Å². The molecule has 0 atom stereocenters. The number of hydrogen-bond donors (Lipinski definition) is 2. The molecule has 2 N–H and O–H groups in total. The molecule has 0 fully saturated rings. The van der Waals surface area contributed by atoms with Gasteiger partial charge in [0, 0.05) is 6.54 Å². The molecule has 1 aliphatic rings. The van der Waals surface area contributed by atoms with Crippen molar-refractivity contribution in [2.75, 3.05) is 12.0 Å². The lowest BCUT2D eigenvalue weighted by Crippen LogP contribution is -2.22. The average molecular weight is 174 g/mol. The predicted molar refractivity (Wildman–Crippen MR) is 56.3 cm³/mol. The molecule has 0 radical (unpaired) electrons. The fraction of sp³-hybridized carbons (Fsp3) is 0.273. The monoisotopic (exact) mass is 174 g/mol. The number of benzene rings is 1. The summed E-state index contributed by atoms with van der Waals surface area (Å²) in [6.45, 7) is 1.01. The zero-order chi connectivity index (χ0) is 8.93. The molecule has 0 amide bonds. The fourth-order valence-corrected chi connectivity index (χ4v) is 1.43. The molecule has 0 spiro atoms. The van der Waals surface area contributed by atoms with E-state index in [-0.39, 0.29) is 0 Å². The Morgan fingerprint density at radius 1 is 1.15 bits per heavy atom. The Bertz CT molecular complexity index is 305. The van der Waals surface area contributed by atoms with Crippen LogP contribution in [0.15, 0.2) is 30.3 Å². The number of hydrogen-bond acceptors (Lipinski definition) is 2. The minimum absolute atomic E-state index is 1.01. The standard InChI is InChI=1S/C11H14N2/c1-2-6-10-7-3-4-8-11(10)13-12-9-5-1/h2-4,6-8,12-13H,1,5,9H2. The summed E-state index contributed by atoms with van der Waals surface area (Å²) in [5.74, 6) is 0. The highest BCUT2D eigenvalue weighted by Crippen LogP contribution is 2.16. The topological polar surface area (TPSA) is 24.1 Å². The van der Waals surface area contributed by atoms with Gasteiger partial charge in [-0.15, -0.1) is 0 Å². The second-order valence-electron chi connectivity index (χ2n) is 3.18. The fourth-order valence-electron chi connectivity index (χ4n) is 1.43. The molecule has 2 nitrogen and oxygen atoms in total. The summed E-state index contributed by atoms with van der Waals surface area (Å²) in [7, 11) is 0. The highest BCUT2D eigenvalue weighted by atomic mass is 15.3. The van der Waals surface area contributed by atoms with E-state index in [9.17, 15) is 0 Å². The van der Waals surface area contributed by atoms with E-state index in [2.05, 4.69) is 41.2 Å². The Balaban J connectivity index is 2.28. The average Bonchev–Trinajstić information content (AvgIpc) is 2.28. The lowest BCUT2D eigenvalue weighted by atomic mass is 10.1. The summed E-state index contributed by atoms with van der Waals surface area (Å²) in [5, 5.41) is 0. The molecule has 13 heavy (non-hydrogen) atoms. The molecule has 0 saturated heterocycles. The summed E-state index contributed by atoms with van der Waals surface area (Å²) in [4.78, 5) is 0. The summed E-state index contributed by atoms with van der Waals surface area (Å²) in [6, 6.07) is 8.30. The van der Waals surface area contributed by atoms with Crippen molar-refractivity contribution >= 4 is 11.8 Å². The Morgan fingerprint density at radius 2 is 2.08 bits per heavy atom. The molecule has 1 aromatic rings. The van der Waals surface area contributed by atoms with Crippen molar-refractivity contribution in [3.05, 3.63) is 35.9 Å². The van der Waals surface area contributed by atoms with Crippen molar-refractivity contribution in [1.82, 2.24) is 5.43 Å². The van der Waals surface area contributed by atoms with Gasteiger partial charge in [0.25, 0.3) is 0 Å². The number of rotatable bonds is 0. The summed E-state index contributed by atoms with van der Waals surface area (Å²) in [5.41, 5.74) is 8.80. The lowest BCUT2D eigenvalue weighted by molar-refractivity contribution is 0.729. The van der Waals surface area contributed by atoms with E-state index in [0.29, 0.717) is 0 Å². The lowest BCUT2D eigenvalue weighted by Gasteiger charge is -2.08. The number of para-hydroxylation sites is 1. The molecule has 1 aliphatic heterocycles. The van der Waals surface area contributed by atoms with E-state index >= 15 is 0 Å².